The third-order valence-electron chi connectivity index (χ3n) is 4.45. The lowest BCUT2D eigenvalue weighted by Crippen LogP contribution is -2.01. The number of benzene rings is 2. The van der Waals surface area contributed by atoms with Crippen LogP contribution in [0.2, 0.25) is 0 Å². The first-order chi connectivity index (χ1) is 14.5. The van der Waals surface area contributed by atoms with Crippen molar-refractivity contribution in [1.82, 2.24) is 4.98 Å². The fraction of sp³-hybridized carbons (Fsp3) is 0.348. The van der Waals surface area contributed by atoms with Crippen molar-refractivity contribution in [2.75, 3.05) is 25.2 Å². The number of hydrogen-bond donors (Lipinski definition) is 2. The molecule has 0 aliphatic heterocycles. The molecule has 0 unspecified atom stereocenters. The van der Waals surface area contributed by atoms with Crippen molar-refractivity contribution in [2.24, 2.45) is 0 Å². The van der Waals surface area contributed by atoms with Crippen molar-refractivity contribution in [3.05, 3.63) is 47.0 Å². The molecule has 0 saturated carbocycles. The molecule has 0 fully saturated rings. The number of ether oxygens (including phenoxy) is 3. The van der Waals surface area contributed by atoms with Crippen LogP contribution in [-0.4, -0.2) is 18.7 Å². The van der Waals surface area contributed by atoms with Gasteiger partial charge in [-0.15, -0.1) is 11.3 Å². The topological polar surface area (TPSA) is 92.6 Å². The first kappa shape index (κ1) is 21.8. The number of aryl methyl sites for hydroxylation is 1. The molecule has 0 bridgehead atoms. The molecule has 3 aromatic rings. The van der Waals surface area contributed by atoms with Crippen LogP contribution in [0.25, 0.3) is 10.6 Å². The summed E-state index contributed by atoms with van der Waals surface area (Å²) in [5.74, 6) is 2.10. The molecule has 2 aromatic carbocycles. The number of thiazole rings is 1. The van der Waals surface area contributed by atoms with Crippen molar-refractivity contribution < 1.29 is 14.2 Å². The van der Waals surface area contributed by atoms with E-state index in [1.165, 1.54) is 4.88 Å². The quantitative estimate of drug-likeness (QED) is 0.426. The minimum Gasteiger partial charge on any atom is -0.493 e. The number of methoxy groups -OCH3 is 1. The van der Waals surface area contributed by atoms with E-state index in [0.29, 0.717) is 30.3 Å². The summed E-state index contributed by atoms with van der Waals surface area (Å²) in [7, 11) is 1.65. The maximum atomic E-state index is 5.94. The van der Waals surface area contributed by atoms with E-state index in [1.54, 1.807) is 36.6 Å². The van der Waals surface area contributed by atoms with Crippen LogP contribution in [0.1, 0.15) is 37.3 Å². The molecular weight excluding hydrogens is 398 g/mol. The Morgan fingerprint density at radius 2 is 1.70 bits per heavy atom. The number of nitrogens with two attached hydrogens (primary N) is 2. The molecule has 0 aliphatic carbocycles. The van der Waals surface area contributed by atoms with Crippen molar-refractivity contribution in [1.29, 1.82) is 0 Å². The fourth-order valence-corrected chi connectivity index (χ4v) is 4.22. The average Bonchev–Trinajstić information content (AvgIpc) is 3.13. The fourth-order valence-electron chi connectivity index (χ4n) is 3.06. The number of nitrogens with zero attached hydrogens (tertiary/aromatic N) is 1. The van der Waals surface area contributed by atoms with Gasteiger partial charge in [-0.2, -0.15) is 0 Å². The lowest BCUT2D eigenvalue weighted by atomic mass is 10.2. The molecule has 0 aliphatic rings. The number of nitrogen functional groups attached to an aromatic ring is 2. The molecule has 160 valence electrons. The highest BCUT2D eigenvalue weighted by molar-refractivity contribution is 7.15. The van der Waals surface area contributed by atoms with Crippen molar-refractivity contribution in [3.63, 3.8) is 0 Å². The molecule has 0 spiro atoms. The first-order valence-electron chi connectivity index (χ1n) is 10.1. The van der Waals surface area contributed by atoms with Gasteiger partial charge in [-0.25, -0.2) is 4.98 Å². The molecule has 4 N–H and O–H groups in total. The standard InChI is InChI=1S/C23H29N3O3S/c1-4-6-22-19(14-29-18-12-16(24)11-17(25)13-18)26-23(30-22)15-7-8-20(27-3)21(10-15)28-9-5-2/h7-8,10-13H,4-6,9,14,24-25H2,1-3H3. The third kappa shape index (κ3) is 5.36. The van der Waals surface area contributed by atoms with Gasteiger partial charge in [0.05, 0.1) is 19.4 Å². The molecule has 0 saturated heterocycles. The zero-order chi connectivity index (χ0) is 21.5. The molecular formula is C23H29N3O3S. The van der Waals surface area contributed by atoms with Gasteiger partial charge in [0.25, 0.3) is 0 Å². The van der Waals surface area contributed by atoms with E-state index in [-0.39, 0.29) is 0 Å². The van der Waals surface area contributed by atoms with Crippen molar-refractivity contribution in [2.45, 2.75) is 39.7 Å². The smallest absolute Gasteiger partial charge is 0.161 e. The van der Waals surface area contributed by atoms with Gasteiger partial charge in [-0.1, -0.05) is 20.3 Å². The Morgan fingerprint density at radius 1 is 0.933 bits per heavy atom. The summed E-state index contributed by atoms with van der Waals surface area (Å²) in [6, 6.07) is 11.2. The largest absolute Gasteiger partial charge is 0.493 e. The molecule has 0 amide bonds. The van der Waals surface area contributed by atoms with E-state index in [1.807, 2.05) is 18.2 Å². The summed E-state index contributed by atoms with van der Waals surface area (Å²) in [5.41, 5.74) is 14.8. The van der Waals surface area contributed by atoms with Crippen LogP contribution in [-0.2, 0) is 13.0 Å². The van der Waals surface area contributed by atoms with Gasteiger partial charge in [-0.05, 0) is 37.1 Å². The second-order valence-electron chi connectivity index (χ2n) is 6.98. The van der Waals surface area contributed by atoms with E-state index < -0.39 is 0 Å². The SMILES string of the molecule is CCCOc1cc(-c2nc(COc3cc(N)cc(N)c3)c(CCC)s2)ccc1OC. The summed E-state index contributed by atoms with van der Waals surface area (Å²) in [5, 5.41) is 0.938. The maximum absolute atomic E-state index is 5.94. The van der Waals surface area contributed by atoms with Gasteiger partial charge in [0.1, 0.15) is 17.4 Å². The molecule has 6 nitrogen and oxygen atoms in total. The Bertz CT molecular complexity index is 968. The normalized spacial score (nSPS) is 10.8. The van der Waals surface area contributed by atoms with Gasteiger partial charge in [0, 0.05) is 33.9 Å². The summed E-state index contributed by atoms with van der Waals surface area (Å²) in [4.78, 5) is 6.09. The highest BCUT2D eigenvalue weighted by atomic mass is 32.1. The van der Waals surface area contributed by atoms with Gasteiger partial charge in [0.15, 0.2) is 11.5 Å². The Hall–Kier alpha value is -2.93. The van der Waals surface area contributed by atoms with E-state index in [0.717, 1.165) is 47.0 Å². The van der Waals surface area contributed by atoms with E-state index in [9.17, 15) is 0 Å². The lowest BCUT2D eigenvalue weighted by Gasteiger charge is -2.11. The molecule has 3 rings (SSSR count). The summed E-state index contributed by atoms with van der Waals surface area (Å²) in [6.45, 7) is 5.24. The molecule has 30 heavy (non-hydrogen) atoms. The average molecular weight is 428 g/mol. The first-order valence-corrected chi connectivity index (χ1v) is 10.9. The van der Waals surface area contributed by atoms with E-state index >= 15 is 0 Å². The van der Waals surface area contributed by atoms with Crippen LogP contribution in [0.15, 0.2) is 36.4 Å². The maximum Gasteiger partial charge on any atom is 0.161 e. The summed E-state index contributed by atoms with van der Waals surface area (Å²) < 4.78 is 17.2. The lowest BCUT2D eigenvalue weighted by molar-refractivity contribution is 0.294. The van der Waals surface area contributed by atoms with Crippen LogP contribution in [0, 0.1) is 0 Å². The van der Waals surface area contributed by atoms with E-state index in [2.05, 4.69) is 13.8 Å². The van der Waals surface area contributed by atoms with Crippen LogP contribution in [0.4, 0.5) is 11.4 Å². The number of anilines is 2. The predicted octanol–water partition coefficient (Wildman–Crippen LogP) is 5.30. The highest BCUT2D eigenvalue weighted by Crippen LogP contribution is 2.36. The van der Waals surface area contributed by atoms with Crippen LogP contribution in [0.5, 0.6) is 17.2 Å². The van der Waals surface area contributed by atoms with Gasteiger partial charge in [-0.3, -0.25) is 0 Å². The van der Waals surface area contributed by atoms with Crippen LogP contribution in [0.3, 0.4) is 0 Å². The Labute approximate surface area is 181 Å². The van der Waals surface area contributed by atoms with Crippen molar-refractivity contribution >= 4 is 22.7 Å². The Balaban J connectivity index is 1.86. The summed E-state index contributed by atoms with van der Waals surface area (Å²) >= 11 is 1.69. The highest BCUT2D eigenvalue weighted by Gasteiger charge is 2.15. The minimum absolute atomic E-state index is 0.365. The zero-order valence-corrected chi connectivity index (χ0v) is 18.6. The number of rotatable bonds is 10. The molecule has 0 radical (unpaired) electrons. The molecule has 1 heterocycles. The third-order valence-corrected chi connectivity index (χ3v) is 5.66. The molecule has 1 aromatic heterocycles. The van der Waals surface area contributed by atoms with Gasteiger partial charge >= 0.3 is 0 Å². The predicted molar refractivity (Wildman–Crippen MR) is 123 cm³/mol. The van der Waals surface area contributed by atoms with Gasteiger partial charge in [0.2, 0.25) is 0 Å². The zero-order valence-electron chi connectivity index (χ0n) is 17.7. The second kappa shape index (κ2) is 10.2. The van der Waals surface area contributed by atoms with Gasteiger partial charge < -0.3 is 25.7 Å². The summed E-state index contributed by atoms with van der Waals surface area (Å²) in [6.07, 6.45) is 2.92. The number of hydrogen-bond acceptors (Lipinski definition) is 7. The minimum atomic E-state index is 0.365. The van der Waals surface area contributed by atoms with E-state index in [4.69, 9.17) is 30.7 Å². The monoisotopic (exact) mass is 427 g/mol. The second-order valence-corrected chi connectivity index (χ2v) is 8.06. The number of aromatic nitrogens is 1. The Kier molecular flexibility index (Phi) is 7.41. The van der Waals surface area contributed by atoms with Crippen LogP contribution < -0.4 is 25.7 Å². The van der Waals surface area contributed by atoms with Crippen molar-refractivity contribution in [3.8, 4) is 27.8 Å². The Morgan fingerprint density at radius 3 is 2.37 bits per heavy atom. The molecule has 7 heteroatoms. The molecule has 0 atom stereocenters. The van der Waals surface area contributed by atoms with Crippen LogP contribution >= 0.6 is 11.3 Å².